The van der Waals surface area contributed by atoms with Crippen LogP contribution in [0.3, 0.4) is 0 Å². The van der Waals surface area contributed by atoms with Crippen molar-refractivity contribution in [2.24, 2.45) is 0 Å². The average Bonchev–Trinajstić information content (AvgIpc) is 2.90. The molecule has 2 aromatic carbocycles. The van der Waals surface area contributed by atoms with Crippen LogP contribution in [-0.2, 0) is 6.54 Å². The van der Waals surface area contributed by atoms with Gasteiger partial charge >= 0.3 is 6.03 Å². The van der Waals surface area contributed by atoms with Gasteiger partial charge in [-0.2, -0.15) is 5.26 Å². The van der Waals surface area contributed by atoms with Gasteiger partial charge in [-0.1, -0.05) is 55.1 Å². The number of carbonyl (C=O) groups excluding carboxylic acids is 1. The second-order valence-corrected chi connectivity index (χ2v) is 8.50. The maximum atomic E-state index is 13.3. The number of urea groups is 1. The van der Waals surface area contributed by atoms with Gasteiger partial charge in [-0.15, -0.1) is 0 Å². The van der Waals surface area contributed by atoms with Gasteiger partial charge in [0, 0.05) is 30.5 Å². The van der Waals surface area contributed by atoms with Crippen LogP contribution in [0.2, 0.25) is 0 Å². The summed E-state index contributed by atoms with van der Waals surface area (Å²) >= 11 is 0. The number of carbonyl (C=O) groups is 1. The Morgan fingerprint density at radius 2 is 1.79 bits per heavy atom. The normalized spacial score (nSPS) is 17.3. The van der Waals surface area contributed by atoms with E-state index in [1.807, 2.05) is 65.6 Å². The first-order valence-corrected chi connectivity index (χ1v) is 11.6. The third-order valence-corrected chi connectivity index (χ3v) is 6.22. The van der Waals surface area contributed by atoms with E-state index in [-0.39, 0.29) is 18.1 Å². The number of hydrogen-bond acceptors (Lipinski definition) is 4. The van der Waals surface area contributed by atoms with Crippen LogP contribution in [0.15, 0.2) is 79.5 Å². The number of nitrogens with one attached hydrogen (secondary N) is 2. The van der Waals surface area contributed by atoms with Crippen molar-refractivity contribution in [2.45, 2.75) is 44.3 Å². The van der Waals surface area contributed by atoms with Gasteiger partial charge < -0.3 is 10.6 Å². The summed E-state index contributed by atoms with van der Waals surface area (Å²) in [6, 6.07) is 23.9. The van der Waals surface area contributed by atoms with Crippen molar-refractivity contribution >= 4 is 23.6 Å². The number of amides is 2. The molecule has 0 aliphatic heterocycles. The highest BCUT2D eigenvalue weighted by atomic mass is 16.2. The van der Waals surface area contributed by atoms with Gasteiger partial charge in [0.1, 0.15) is 11.9 Å². The second-order valence-electron chi connectivity index (χ2n) is 8.50. The van der Waals surface area contributed by atoms with Crippen molar-refractivity contribution in [3.63, 3.8) is 0 Å². The maximum absolute atomic E-state index is 13.3. The third kappa shape index (κ3) is 5.81. The minimum absolute atomic E-state index is 0.0830. The van der Waals surface area contributed by atoms with Gasteiger partial charge in [0.25, 0.3) is 0 Å². The summed E-state index contributed by atoms with van der Waals surface area (Å²) in [5, 5.41) is 15.5. The molecule has 1 saturated carbocycles. The lowest BCUT2D eigenvalue weighted by Gasteiger charge is -2.37. The largest absolute Gasteiger partial charge is 0.367 e. The van der Waals surface area contributed by atoms with Gasteiger partial charge in [-0.05, 0) is 61.1 Å². The van der Waals surface area contributed by atoms with E-state index in [2.05, 4.69) is 28.3 Å². The Balaban J connectivity index is 1.43. The Bertz CT molecular complexity index is 1130. The van der Waals surface area contributed by atoms with Crippen molar-refractivity contribution < 1.29 is 4.79 Å². The molecule has 0 atom stereocenters. The number of benzene rings is 2. The molecule has 172 valence electrons. The molecule has 2 N–H and O–H groups in total. The summed E-state index contributed by atoms with van der Waals surface area (Å²) in [5.74, 6) is 0.778. The van der Waals surface area contributed by atoms with E-state index < -0.39 is 0 Å². The van der Waals surface area contributed by atoms with E-state index in [4.69, 9.17) is 5.26 Å². The highest BCUT2D eigenvalue weighted by Crippen LogP contribution is 2.29. The topological polar surface area (TPSA) is 81.0 Å². The Morgan fingerprint density at radius 3 is 2.41 bits per heavy atom. The first-order valence-electron chi connectivity index (χ1n) is 11.6. The SMILES string of the molecule is C=Cc1ccc(N(C(=O)NCc2ccccc2)[C@H]2CC[C@H](Nc3ccc(C#N)cn3)CC2)cc1. The fourth-order valence-corrected chi connectivity index (χ4v) is 4.36. The zero-order valence-electron chi connectivity index (χ0n) is 19.2. The van der Waals surface area contributed by atoms with Crippen molar-refractivity contribution in [1.29, 1.82) is 5.26 Å². The number of aromatic nitrogens is 1. The summed E-state index contributed by atoms with van der Waals surface area (Å²) in [7, 11) is 0. The number of hydrogen-bond donors (Lipinski definition) is 2. The summed E-state index contributed by atoms with van der Waals surface area (Å²) in [6.45, 7) is 4.31. The average molecular weight is 452 g/mol. The predicted octanol–water partition coefficient (Wildman–Crippen LogP) is 5.74. The smallest absolute Gasteiger partial charge is 0.322 e. The van der Waals surface area contributed by atoms with Gasteiger partial charge in [-0.3, -0.25) is 4.90 Å². The second kappa shape index (κ2) is 11.2. The predicted molar refractivity (Wildman–Crippen MR) is 136 cm³/mol. The van der Waals surface area contributed by atoms with Crippen molar-refractivity contribution in [1.82, 2.24) is 10.3 Å². The molecule has 34 heavy (non-hydrogen) atoms. The van der Waals surface area contributed by atoms with Crippen molar-refractivity contribution in [3.8, 4) is 6.07 Å². The molecule has 3 aromatic rings. The van der Waals surface area contributed by atoms with E-state index in [0.717, 1.165) is 48.3 Å². The van der Waals surface area contributed by atoms with Crippen molar-refractivity contribution in [3.05, 3.63) is 96.2 Å². The molecule has 4 rings (SSSR count). The third-order valence-electron chi connectivity index (χ3n) is 6.22. The van der Waals surface area contributed by atoms with Crippen LogP contribution in [0, 0.1) is 11.3 Å². The van der Waals surface area contributed by atoms with E-state index >= 15 is 0 Å². The van der Waals surface area contributed by atoms with Gasteiger partial charge in [0.15, 0.2) is 0 Å². The van der Waals surface area contributed by atoms with Gasteiger partial charge in [0.2, 0.25) is 0 Å². The highest BCUT2D eigenvalue weighted by molar-refractivity contribution is 5.92. The Labute approximate surface area is 200 Å². The standard InChI is InChI=1S/C28H29N5O/c1-2-21-8-13-25(14-9-21)33(28(34)31-19-22-6-4-3-5-7-22)26-15-11-24(12-16-26)32-27-17-10-23(18-29)20-30-27/h2-10,13-14,17,20,24,26H,1,11-12,15-16,19H2,(H,30,32)(H,31,34)/t24-,26-. The number of pyridine rings is 1. The lowest BCUT2D eigenvalue weighted by Crippen LogP contribution is -2.48. The summed E-state index contributed by atoms with van der Waals surface area (Å²) in [5.41, 5.74) is 3.53. The zero-order valence-corrected chi connectivity index (χ0v) is 19.2. The van der Waals surface area contributed by atoms with Gasteiger partial charge in [-0.25, -0.2) is 9.78 Å². The van der Waals surface area contributed by atoms with E-state index in [1.54, 1.807) is 18.3 Å². The molecule has 1 fully saturated rings. The zero-order chi connectivity index (χ0) is 23.8. The molecule has 6 heteroatoms. The van der Waals surface area contributed by atoms with Crippen LogP contribution >= 0.6 is 0 Å². The molecule has 0 saturated heterocycles. The number of nitrogens with zero attached hydrogens (tertiary/aromatic N) is 3. The van der Waals surface area contributed by atoms with Crippen LogP contribution < -0.4 is 15.5 Å². The summed E-state index contributed by atoms with van der Waals surface area (Å²) < 4.78 is 0. The molecule has 1 heterocycles. The van der Waals surface area contributed by atoms with Gasteiger partial charge in [0.05, 0.1) is 5.56 Å². The molecular weight excluding hydrogens is 422 g/mol. The van der Waals surface area contributed by atoms with E-state index in [0.29, 0.717) is 12.1 Å². The first kappa shape index (κ1) is 23.1. The quantitative estimate of drug-likeness (QED) is 0.480. The summed E-state index contributed by atoms with van der Waals surface area (Å²) in [4.78, 5) is 19.6. The van der Waals surface area contributed by atoms with Crippen LogP contribution in [-0.4, -0.2) is 23.1 Å². The first-order chi connectivity index (χ1) is 16.7. The fourth-order valence-electron chi connectivity index (χ4n) is 4.36. The molecule has 0 unspecified atom stereocenters. The lowest BCUT2D eigenvalue weighted by atomic mass is 9.89. The van der Waals surface area contributed by atoms with E-state index in [1.165, 1.54) is 0 Å². The number of nitriles is 1. The van der Waals surface area contributed by atoms with Crippen LogP contribution in [0.1, 0.15) is 42.4 Å². The van der Waals surface area contributed by atoms with Crippen molar-refractivity contribution in [2.75, 3.05) is 10.2 Å². The molecule has 1 aliphatic rings. The fraction of sp³-hybridized carbons (Fsp3) is 0.250. The summed E-state index contributed by atoms with van der Waals surface area (Å²) in [6.07, 6.45) is 7.02. The molecule has 0 bridgehead atoms. The number of rotatable bonds is 7. The Kier molecular flexibility index (Phi) is 7.56. The lowest BCUT2D eigenvalue weighted by molar-refractivity contribution is 0.240. The van der Waals surface area contributed by atoms with Crippen LogP contribution in [0.25, 0.3) is 6.08 Å². The molecular formula is C28H29N5O. The molecule has 6 nitrogen and oxygen atoms in total. The molecule has 2 amide bonds. The maximum Gasteiger partial charge on any atom is 0.322 e. The molecule has 0 spiro atoms. The van der Waals surface area contributed by atoms with Crippen LogP contribution in [0.4, 0.5) is 16.3 Å². The minimum atomic E-state index is -0.0830. The Morgan fingerprint density at radius 1 is 1.06 bits per heavy atom. The molecule has 1 aliphatic carbocycles. The monoisotopic (exact) mass is 451 g/mol. The minimum Gasteiger partial charge on any atom is -0.367 e. The number of anilines is 2. The molecule has 1 aromatic heterocycles. The highest BCUT2D eigenvalue weighted by Gasteiger charge is 2.30. The van der Waals surface area contributed by atoms with Crippen LogP contribution in [0.5, 0.6) is 0 Å². The Hall–Kier alpha value is -4.11. The van der Waals surface area contributed by atoms with E-state index in [9.17, 15) is 4.79 Å². The molecule has 0 radical (unpaired) electrons.